The van der Waals surface area contributed by atoms with Gasteiger partial charge in [0.25, 0.3) is 0 Å². The number of hydrogen-bond donors (Lipinski definition) is 2. The Morgan fingerprint density at radius 1 is 1.07 bits per heavy atom. The minimum Gasteiger partial charge on any atom is -0.343 e. The molecule has 1 aromatic heterocycles. The summed E-state index contributed by atoms with van der Waals surface area (Å²) in [4.78, 5) is 18.7. The first-order valence-electron chi connectivity index (χ1n) is 13.6. The molecule has 5 rings (SSSR count). The monoisotopic (exact) mass is 551 g/mol. The Morgan fingerprint density at radius 3 is 2.52 bits per heavy atom. The molecule has 0 radical (unpaired) electrons. The Morgan fingerprint density at radius 2 is 1.85 bits per heavy atom. The highest BCUT2D eigenvalue weighted by molar-refractivity contribution is 6.31. The number of anilines is 1. The van der Waals surface area contributed by atoms with Crippen LogP contribution in [0.3, 0.4) is 0 Å². The average Bonchev–Trinajstić information content (AvgIpc) is 3.00. The number of carbonyl (C=O) groups is 1. The molecule has 0 bridgehead atoms. The molecule has 2 heterocycles. The number of pyridine rings is 1. The molecule has 1 saturated heterocycles. The fourth-order valence-electron chi connectivity index (χ4n) is 5.61. The lowest BCUT2D eigenvalue weighted by Crippen LogP contribution is -2.36. The maximum atomic E-state index is 11.8. The van der Waals surface area contributed by atoms with Gasteiger partial charge in [-0.1, -0.05) is 72.3 Å². The standard InChI is InChI=1S/C33H34ClN5O/c1-23(40)38-16-14-25(15-17-38)26-8-5-9-27(19-26)30(18-24-6-3-2-4-7-24)32-12-10-28(21-37-32)31-20-29(34)11-13-33(31)39(36)22-35/h2-13,19-22,25,30,35H,14-18,36H2,1H3/t30-/m0/s1. The zero-order valence-corrected chi connectivity index (χ0v) is 23.4. The van der Waals surface area contributed by atoms with Crippen LogP contribution in [-0.2, 0) is 11.2 Å². The van der Waals surface area contributed by atoms with E-state index in [0.29, 0.717) is 16.6 Å². The van der Waals surface area contributed by atoms with E-state index >= 15 is 0 Å². The lowest BCUT2D eigenvalue weighted by atomic mass is 9.84. The zero-order chi connectivity index (χ0) is 28.1. The second-order valence-corrected chi connectivity index (χ2v) is 10.8. The Labute approximate surface area is 240 Å². The third kappa shape index (κ3) is 6.24. The van der Waals surface area contributed by atoms with Crippen molar-refractivity contribution >= 4 is 29.5 Å². The number of hydrogen-bond acceptors (Lipinski definition) is 4. The number of rotatable bonds is 8. The van der Waals surface area contributed by atoms with E-state index in [9.17, 15) is 4.79 Å². The van der Waals surface area contributed by atoms with Crippen LogP contribution >= 0.6 is 11.6 Å². The van der Waals surface area contributed by atoms with E-state index in [1.54, 1.807) is 19.1 Å². The highest BCUT2D eigenvalue weighted by Crippen LogP contribution is 2.35. The van der Waals surface area contributed by atoms with E-state index in [4.69, 9.17) is 27.8 Å². The summed E-state index contributed by atoms with van der Waals surface area (Å²) in [6.07, 6.45) is 5.72. The molecular formula is C33H34ClN5O. The molecule has 1 atom stereocenters. The predicted molar refractivity (Wildman–Crippen MR) is 163 cm³/mol. The number of nitrogens with one attached hydrogen (secondary N) is 1. The van der Waals surface area contributed by atoms with E-state index in [1.165, 1.54) is 21.7 Å². The van der Waals surface area contributed by atoms with E-state index in [2.05, 4.69) is 60.7 Å². The average molecular weight is 552 g/mol. The van der Waals surface area contributed by atoms with E-state index in [1.807, 2.05) is 23.2 Å². The molecule has 1 fully saturated rings. The number of carbonyl (C=O) groups excluding carboxylic acids is 1. The molecule has 204 valence electrons. The Balaban J connectivity index is 1.47. The molecule has 4 aromatic rings. The van der Waals surface area contributed by atoms with E-state index in [0.717, 1.165) is 55.5 Å². The smallest absolute Gasteiger partial charge is 0.219 e. The molecule has 0 spiro atoms. The fraction of sp³-hybridized carbons (Fsp3) is 0.242. The molecule has 0 aliphatic carbocycles. The molecule has 6 nitrogen and oxygen atoms in total. The lowest BCUT2D eigenvalue weighted by molar-refractivity contribution is -0.129. The third-order valence-electron chi connectivity index (χ3n) is 7.84. The molecule has 1 aliphatic heterocycles. The summed E-state index contributed by atoms with van der Waals surface area (Å²) in [6.45, 7) is 3.27. The van der Waals surface area contributed by atoms with Gasteiger partial charge in [-0.15, -0.1) is 0 Å². The number of piperidine rings is 1. The van der Waals surface area contributed by atoms with Crippen molar-refractivity contribution in [1.29, 1.82) is 5.41 Å². The van der Waals surface area contributed by atoms with Crippen LogP contribution in [0, 0.1) is 5.41 Å². The van der Waals surface area contributed by atoms with Crippen LogP contribution in [-0.4, -0.2) is 35.2 Å². The van der Waals surface area contributed by atoms with Crippen molar-refractivity contribution < 1.29 is 4.79 Å². The Bertz CT molecular complexity index is 1470. The van der Waals surface area contributed by atoms with Crippen LogP contribution in [0.2, 0.25) is 5.02 Å². The van der Waals surface area contributed by atoms with Gasteiger partial charge in [0.15, 0.2) is 0 Å². The van der Waals surface area contributed by atoms with Gasteiger partial charge in [-0.3, -0.25) is 20.2 Å². The van der Waals surface area contributed by atoms with E-state index in [-0.39, 0.29) is 11.8 Å². The fourth-order valence-corrected chi connectivity index (χ4v) is 5.78. The van der Waals surface area contributed by atoms with Gasteiger partial charge in [0.1, 0.15) is 6.34 Å². The Kier molecular flexibility index (Phi) is 8.58. The lowest BCUT2D eigenvalue weighted by Gasteiger charge is -2.32. The minimum absolute atomic E-state index is 0.0696. The van der Waals surface area contributed by atoms with Crippen LogP contribution in [0.25, 0.3) is 11.1 Å². The summed E-state index contributed by atoms with van der Waals surface area (Å²) in [6, 6.07) is 29.0. The summed E-state index contributed by atoms with van der Waals surface area (Å²) in [5.74, 6) is 6.70. The minimum atomic E-state index is 0.0696. The van der Waals surface area contributed by atoms with Crippen molar-refractivity contribution in [1.82, 2.24) is 9.88 Å². The normalized spacial score (nSPS) is 14.5. The van der Waals surface area contributed by atoms with Crippen molar-refractivity contribution in [3.8, 4) is 11.1 Å². The van der Waals surface area contributed by atoms with Crippen molar-refractivity contribution in [2.75, 3.05) is 18.1 Å². The van der Waals surface area contributed by atoms with Crippen LogP contribution in [0.1, 0.15) is 54.0 Å². The summed E-state index contributed by atoms with van der Waals surface area (Å²) >= 11 is 6.31. The number of aromatic nitrogens is 1. The highest BCUT2D eigenvalue weighted by Gasteiger charge is 2.24. The molecule has 0 unspecified atom stereocenters. The predicted octanol–water partition coefficient (Wildman–Crippen LogP) is 6.79. The third-order valence-corrected chi connectivity index (χ3v) is 8.07. The first-order valence-corrected chi connectivity index (χ1v) is 14.0. The topological polar surface area (TPSA) is 86.3 Å². The van der Waals surface area contributed by atoms with Gasteiger partial charge in [-0.05, 0) is 66.1 Å². The molecule has 3 N–H and O–H groups in total. The van der Waals surface area contributed by atoms with Gasteiger partial charge < -0.3 is 4.90 Å². The SMILES string of the molecule is CC(=O)N1CCC(c2cccc([C@H](Cc3ccccc3)c3ccc(-c4cc(Cl)ccc4N(N)C=N)cn3)c2)CC1. The molecule has 1 aliphatic rings. The van der Waals surface area contributed by atoms with Crippen molar-refractivity contribution in [3.63, 3.8) is 0 Å². The first-order chi connectivity index (χ1) is 19.4. The number of amides is 1. The molecule has 7 heteroatoms. The summed E-state index contributed by atoms with van der Waals surface area (Å²) in [5.41, 5.74) is 7.17. The van der Waals surface area contributed by atoms with Gasteiger partial charge in [-0.2, -0.15) is 0 Å². The Hall–Kier alpha value is -4.00. The van der Waals surface area contributed by atoms with Gasteiger partial charge >= 0.3 is 0 Å². The molecule has 0 saturated carbocycles. The number of nitrogens with two attached hydrogens (primary N) is 1. The second kappa shape index (κ2) is 12.5. The van der Waals surface area contributed by atoms with Crippen LogP contribution < -0.4 is 10.9 Å². The summed E-state index contributed by atoms with van der Waals surface area (Å²) < 4.78 is 0. The number of likely N-dealkylation sites (tertiary alicyclic amines) is 1. The van der Waals surface area contributed by atoms with Crippen molar-refractivity contribution in [2.45, 2.75) is 38.0 Å². The number of benzene rings is 3. The highest BCUT2D eigenvalue weighted by atomic mass is 35.5. The second-order valence-electron chi connectivity index (χ2n) is 10.4. The molecule has 3 aromatic carbocycles. The van der Waals surface area contributed by atoms with Gasteiger partial charge in [0.05, 0.1) is 5.69 Å². The summed E-state index contributed by atoms with van der Waals surface area (Å²) in [5, 5.41) is 9.44. The maximum absolute atomic E-state index is 11.8. The first kappa shape index (κ1) is 27.6. The largest absolute Gasteiger partial charge is 0.343 e. The van der Waals surface area contributed by atoms with E-state index < -0.39 is 0 Å². The maximum Gasteiger partial charge on any atom is 0.219 e. The van der Waals surface area contributed by atoms with Gasteiger partial charge in [-0.25, -0.2) is 5.84 Å². The number of nitrogens with zero attached hydrogens (tertiary/aromatic N) is 3. The van der Waals surface area contributed by atoms with Crippen molar-refractivity contribution in [3.05, 3.63) is 119 Å². The molecule has 1 amide bonds. The van der Waals surface area contributed by atoms with Gasteiger partial charge in [0.2, 0.25) is 5.91 Å². The quantitative estimate of drug-likeness (QED) is 0.109. The van der Waals surface area contributed by atoms with Crippen LogP contribution in [0.4, 0.5) is 5.69 Å². The van der Waals surface area contributed by atoms with Crippen LogP contribution in [0.15, 0.2) is 91.1 Å². The number of halogens is 1. The van der Waals surface area contributed by atoms with Gasteiger partial charge in [0, 0.05) is 54.0 Å². The summed E-state index contributed by atoms with van der Waals surface area (Å²) in [7, 11) is 0. The molecule has 40 heavy (non-hydrogen) atoms. The van der Waals surface area contributed by atoms with Crippen molar-refractivity contribution in [2.24, 2.45) is 5.84 Å². The molecular weight excluding hydrogens is 518 g/mol. The number of hydrazine groups is 1. The van der Waals surface area contributed by atoms with Crippen LogP contribution in [0.5, 0.6) is 0 Å². The zero-order valence-electron chi connectivity index (χ0n) is 22.6.